The monoisotopic (exact) mass is 293 g/mol. The second-order valence-corrected chi connectivity index (χ2v) is 5.31. The second kappa shape index (κ2) is 6.95. The number of likely N-dealkylation sites (N-methyl/N-ethyl adjacent to an activating group) is 1. The van der Waals surface area contributed by atoms with Crippen LogP contribution in [-0.2, 0) is 6.42 Å². The minimum Gasteiger partial charge on any atom is -0.310 e. The normalized spacial score (nSPS) is 12.4. The third kappa shape index (κ3) is 3.97. The van der Waals surface area contributed by atoms with Crippen molar-refractivity contribution in [1.82, 2.24) is 5.32 Å². The molecular formula is C16H17Cl2N. The fourth-order valence-corrected chi connectivity index (χ4v) is 2.71. The molecule has 3 heteroatoms. The SMILES string of the molecule is CCNC(Cc1ccccc1)c1ccc(Cl)cc1Cl. The highest BCUT2D eigenvalue weighted by Crippen LogP contribution is 2.28. The van der Waals surface area contributed by atoms with Crippen LogP contribution in [0.4, 0.5) is 0 Å². The number of nitrogens with one attached hydrogen (secondary N) is 1. The Balaban J connectivity index is 2.24. The van der Waals surface area contributed by atoms with E-state index in [-0.39, 0.29) is 6.04 Å². The van der Waals surface area contributed by atoms with Gasteiger partial charge in [-0.15, -0.1) is 0 Å². The second-order valence-electron chi connectivity index (χ2n) is 4.47. The topological polar surface area (TPSA) is 12.0 Å². The molecule has 0 saturated carbocycles. The summed E-state index contributed by atoms with van der Waals surface area (Å²) in [4.78, 5) is 0. The molecule has 0 aliphatic rings. The summed E-state index contributed by atoms with van der Waals surface area (Å²) in [5.74, 6) is 0. The van der Waals surface area contributed by atoms with Crippen LogP contribution in [0.5, 0.6) is 0 Å². The Morgan fingerprint density at radius 3 is 2.42 bits per heavy atom. The highest BCUT2D eigenvalue weighted by molar-refractivity contribution is 6.35. The van der Waals surface area contributed by atoms with Crippen LogP contribution in [0.25, 0.3) is 0 Å². The zero-order valence-electron chi connectivity index (χ0n) is 10.9. The molecule has 0 fully saturated rings. The first kappa shape index (κ1) is 14.4. The van der Waals surface area contributed by atoms with E-state index in [1.807, 2.05) is 18.2 Å². The summed E-state index contributed by atoms with van der Waals surface area (Å²) in [5.41, 5.74) is 2.39. The fourth-order valence-electron chi connectivity index (χ4n) is 2.17. The van der Waals surface area contributed by atoms with Crippen molar-refractivity contribution in [1.29, 1.82) is 0 Å². The molecule has 2 rings (SSSR count). The molecule has 0 heterocycles. The van der Waals surface area contributed by atoms with Crippen LogP contribution >= 0.6 is 23.2 Å². The standard InChI is InChI=1S/C16H17Cl2N/c1-2-19-16(10-12-6-4-3-5-7-12)14-9-8-13(17)11-15(14)18/h3-9,11,16,19H,2,10H2,1H3. The van der Waals surface area contributed by atoms with E-state index in [0.29, 0.717) is 5.02 Å². The van der Waals surface area contributed by atoms with Gasteiger partial charge in [0.2, 0.25) is 0 Å². The Morgan fingerprint density at radius 1 is 1.05 bits per heavy atom. The molecule has 0 radical (unpaired) electrons. The quantitative estimate of drug-likeness (QED) is 0.828. The molecule has 100 valence electrons. The van der Waals surface area contributed by atoms with E-state index in [2.05, 4.69) is 36.5 Å². The van der Waals surface area contributed by atoms with E-state index in [1.54, 1.807) is 6.07 Å². The molecule has 2 aromatic rings. The summed E-state index contributed by atoms with van der Waals surface area (Å²) in [6.07, 6.45) is 0.913. The highest BCUT2D eigenvalue weighted by atomic mass is 35.5. The minimum absolute atomic E-state index is 0.206. The molecule has 1 N–H and O–H groups in total. The average Bonchev–Trinajstić information content (AvgIpc) is 2.39. The smallest absolute Gasteiger partial charge is 0.0468 e. The van der Waals surface area contributed by atoms with Gasteiger partial charge in [-0.05, 0) is 36.2 Å². The van der Waals surface area contributed by atoms with Crippen LogP contribution in [0.15, 0.2) is 48.5 Å². The van der Waals surface area contributed by atoms with E-state index < -0.39 is 0 Å². The van der Waals surface area contributed by atoms with Gasteiger partial charge in [0, 0.05) is 16.1 Å². The third-order valence-corrected chi connectivity index (χ3v) is 3.63. The lowest BCUT2D eigenvalue weighted by Gasteiger charge is -2.20. The van der Waals surface area contributed by atoms with Crippen LogP contribution < -0.4 is 5.32 Å². The lowest BCUT2D eigenvalue weighted by Crippen LogP contribution is -2.23. The molecule has 19 heavy (non-hydrogen) atoms. The number of rotatable bonds is 5. The number of hydrogen-bond donors (Lipinski definition) is 1. The van der Waals surface area contributed by atoms with E-state index in [9.17, 15) is 0 Å². The van der Waals surface area contributed by atoms with E-state index in [1.165, 1.54) is 5.56 Å². The van der Waals surface area contributed by atoms with Gasteiger partial charge < -0.3 is 5.32 Å². The van der Waals surface area contributed by atoms with Crippen LogP contribution in [-0.4, -0.2) is 6.54 Å². The molecule has 1 atom stereocenters. The van der Waals surface area contributed by atoms with Gasteiger partial charge >= 0.3 is 0 Å². The van der Waals surface area contributed by atoms with Crippen molar-refractivity contribution < 1.29 is 0 Å². The molecule has 0 saturated heterocycles. The van der Waals surface area contributed by atoms with Crippen molar-refractivity contribution in [3.63, 3.8) is 0 Å². The first-order chi connectivity index (χ1) is 9.20. The van der Waals surface area contributed by atoms with Gasteiger partial charge in [0.25, 0.3) is 0 Å². The predicted octanol–water partition coefficient (Wildman–Crippen LogP) is 4.89. The van der Waals surface area contributed by atoms with Crippen molar-refractivity contribution in [2.75, 3.05) is 6.54 Å². The van der Waals surface area contributed by atoms with Crippen molar-refractivity contribution in [2.45, 2.75) is 19.4 Å². The summed E-state index contributed by atoms with van der Waals surface area (Å²) in [5, 5.41) is 4.87. The third-order valence-electron chi connectivity index (χ3n) is 3.07. The van der Waals surface area contributed by atoms with Gasteiger partial charge in [-0.2, -0.15) is 0 Å². The van der Waals surface area contributed by atoms with Gasteiger partial charge in [-0.1, -0.05) is 66.5 Å². The van der Waals surface area contributed by atoms with Crippen LogP contribution in [0.3, 0.4) is 0 Å². The van der Waals surface area contributed by atoms with Crippen molar-refractivity contribution in [2.24, 2.45) is 0 Å². The van der Waals surface area contributed by atoms with Crippen molar-refractivity contribution >= 4 is 23.2 Å². The summed E-state index contributed by atoms with van der Waals surface area (Å²) < 4.78 is 0. The summed E-state index contributed by atoms with van der Waals surface area (Å²) in [6, 6.07) is 16.3. The number of benzene rings is 2. The van der Waals surface area contributed by atoms with E-state index in [4.69, 9.17) is 23.2 Å². The van der Waals surface area contributed by atoms with Crippen LogP contribution in [0, 0.1) is 0 Å². The molecule has 1 nitrogen and oxygen atoms in total. The van der Waals surface area contributed by atoms with E-state index >= 15 is 0 Å². The van der Waals surface area contributed by atoms with Crippen LogP contribution in [0.1, 0.15) is 24.1 Å². The maximum Gasteiger partial charge on any atom is 0.0468 e. The van der Waals surface area contributed by atoms with Crippen molar-refractivity contribution in [3.8, 4) is 0 Å². The molecule has 2 aromatic carbocycles. The predicted molar refractivity (Wildman–Crippen MR) is 83.0 cm³/mol. The minimum atomic E-state index is 0.206. The molecule has 0 aromatic heterocycles. The zero-order chi connectivity index (χ0) is 13.7. The van der Waals surface area contributed by atoms with E-state index in [0.717, 1.165) is 23.6 Å². The first-order valence-electron chi connectivity index (χ1n) is 6.43. The first-order valence-corrected chi connectivity index (χ1v) is 7.18. The highest BCUT2D eigenvalue weighted by Gasteiger charge is 2.14. The lowest BCUT2D eigenvalue weighted by atomic mass is 9.99. The summed E-state index contributed by atoms with van der Waals surface area (Å²) in [7, 11) is 0. The lowest BCUT2D eigenvalue weighted by molar-refractivity contribution is 0.550. The Labute approximate surface area is 124 Å². The van der Waals surface area contributed by atoms with Gasteiger partial charge in [0.1, 0.15) is 0 Å². The largest absolute Gasteiger partial charge is 0.310 e. The number of halogens is 2. The maximum absolute atomic E-state index is 6.30. The summed E-state index contributed by atoms with van der Waals surface area (Å²) in [6.45, 7) is 3.00. The van der Waals surface area contributed by atoms with Crippen LogP contribution in [0.2, 0.25) is 10.0 Å². The molecule has 0 bridgehead atoms. The van der Waals surface area contributed by atoms with Gasteiger partial charge in [-0.25, -0.2) is 0 Å². The van der Waals surface area contributed by atoms with Crippen molar-refractivity contribution in [3.05, 3.63) is 69.7 Å². The summed E-state index contributed by atoms with van der Waals surface area (Å²) >= 11 is 12.3. The molecule has 1 unspecified atom stereocenters. The molecule has 0 spiro atoms. The Morgan fingerprint density at radius 2 is 1.79 bits per heavy atom. The average molecular weight is 294 g/mol. The molecular weight excluding hydrogens is 277 g/mol. The maximum atomic E-state index is 6.30. The zero-order valence-corrected chi connectivity index (χ0v) is 12.4. The Kier molecular flexibility index (Phi) is 5.26. The molecule has 0 amide bonds. The Hall–Kier alpha value is -1.02. The fraction of sp³-hybridized carbons (Fsp3) is 0.250. The van der Waals surface area contributed by atoms with Gasteiger partial charge in [-0.3, -0.25) is 0 Å². The van der Waals surface area contributed by atoms with Gasteiger partial charge in [0.05, 0.1) is 0 Å². The number of hydrogen-bond acceptors (Lipinski definition) is 1. The molecule has 0 aliphatic heterocycles. The van der Waals surface area contributed by atoms with Gasteiger partial charge in [0.15, 0.2) is 0 Å². The molecule has 0 aliphatic carbocycles. The Bertz CT molecular complexity index is 526.